The van der Waals surface area contributed by atoms with E-state index in [1.807, 2.05) is 43.3 Å². The van der Waals surface area contributed by atoms with E-state index in [2.05, 4.69) is 6.07 Å². The number of benzene rings is 2. The minimum absolute atomic E-state index is 0.188. The lowest BCUT2D eigenvalue weighted by molar-refractivity contribution is 0.338. The molecule has 1 heterocycles. The number of ether oxygens (including phenoxy) is 1. The highest BCUT2D eigenvalue weighted by Crippen LogP contribution is 2.35. The third kappa shape index (κ3) is 2.31. The minimum atomic E-state index is -1.06. The molecule has 2 aromatic carbocycles. The summed E-state index contributed by atoms with van der Waals surface area (Å²) < 4.78 is 18.2. The lowest BCUT2D eigenvalue weighted by Crippen LogP contribution is -2.12. The number of rotatable bonds is 3. The predicted octanol–water partition coefficient (Wildman–Crippen LogP) is 2.86. The van der Waals surface area contributed by atoms with Gasteiger partial charge in [0.1, 0.15) is 5.75 Å². The molecule has 0 spiro atoms. The minimum Gasteiger partial charge on any atom is -0.493 e. The van der Waals surface area contributed by atoms with Crippen molar-refractivity contribution < 1.29 is 8.95 Å². The van der Waals surface area contributed by atoms with Gasteiger partial charge in [0.05, 0.1) is 17.4 Å². The third-order valence-corrected chi connectivity index (χ3v) is 5.36. The molecule has 4 heteroatoms. The van der Waals surface area contributed by atoms with Crippen LogP contribution in [-0.2, 0) is 10.8 Å². The van der Waals surface area contributed by atoms with E-state index in [-0.39, 0.29) is 5.92 Å². The number of fused-ring (bicyclic) bond motifs is 1. The van der Waals surface area contributed by atoms with Gasteiger partial charge in [0.2, 0.25) is 0 Å². The van der Waals surface area contributed by atoms with Crippen LogP contribution in [-0.4, -0.2) is 16.6 Å². The van der Waals surface area contributed by atoms with E-state index in [9.17, 15) is 4.21 Å². The molecule has 0 fully saturated rings. The summed E-state index contributed by atoms with van der Waals surface area (Å²) >= 11 is 0. The summed E-state index contributed by atoms with van der Waals surface area (Å²) in [5.41, 5.74) is 8.65. The van der Waals surface area contributed by atoms with Crippen molar-refractivity contribution in [3.8, 4) is 5.75 Å². The summed E-state index contributed by atoms with van der Waals surface area (Å²) in [5, 5.41) is 0. The van der Waals surface area contributed by atoms with Gasteiger partial charge in [-0.05, 0) is 30.7 Å². The molecule has 0 radical (unpaired) electrons. The molecule has 0 aliphatic carbocycles. The van der Waals surface area contributed by atoms with Crippen molar-refractivity contribution >= 4 is 16.5 Å². The lowest BCUT2D eigenvalue weighted by Gasteiger charge is -2.11. The van der Waals surface area contributed by atoms with Crippen molar-refractivity contribution in [1.82, 2.24) is 0 Å². The van der Waals surface area contributed by atoms with E-state index in [1.54, 1.807) is 0 Å². The first-order chi connectivity index (χ1) is 9.66. The Labute approximate surface area is 121 Å². The van der Waals surface area contributed by atoms with Crippen LogP contribution < -0.4 is 10.5 Å². The van der Waals surface area contributed by atoms with Crippen LogP contribution in [0.2, 0.25) is 0 Å². The third-order valence-electron chi connectivity index (χ3n) is 3.72. The number of anilines is 1. The van der Waals surface area contributed by atoms with E-state index in [0.717, 1.165) is 21.8 Å². The highest BCUT2D eigenvalue weighted by atomic mass is 32.2. The van der Waals surface area contributed by atoms with Crippen LogP contribution >= 0.6 is 0 Å². The Kier molecular flexibility index (Phi) is 3.49. The van der Waals surface area contributed by atoms with Crippen LogP contribution in [0.5, 0.6) is 5.75 Å². The summed E-state index contributed by atoms with van der Waals surface area (Å²) in [7, 11) is -1.06. The van der Waals surface area contributed by atoms with Gasteiger partial charge in [-0.15, -0.1) is 0 Å². The number of nitrogens with two attached hydrogens (primary N) is 1. The number of nitrogen functional groups attached to an aromatic ring is 1. The van der Waals surface area contributed by atoms with Crippen LogP contribution in [0.4, 0.5) is 5.69 Å². The van der Waals surface area contributed by atoms with E-state index < -0.39 is 10.8 Å². The summed E-state index contributed by atoms with van der Waals surface area (Å²) in [6.07, 6.45) is 0. The van der Waals surface area contributed by atoms with Gasteiger partial charge in [-0.25, -0.2) is 0 Å². The molecule has 0 saturated carbocycles. The maximum Gasteiger partial charge on any atom is 0.122 e. The molecule has 3 nitrogen and oxygen atoms in total. The van der Waals surface area contributed by atoms with Crippen LogP contribution in [0.15, 0.2) is 47.4 Å². The van der Waals surface area contributed by atoms with Gasteiger partial charge >= 0.3 is 0 Å². The Morgan fingerprint density at radius 1 is 1.25 bits per heavy atom. The van der Waals surface area contributed by atoms with Gasteiger partial charge in [0, 0.05) is 27.8 Å². The van der Waals surface area contributed by atoms with Gasteiger partial charge in [-0.1, -0.05) is 24.3 Å². The maximum atomic E-state index is 12.6. The fraction of sp³-hybridized carbons (Fsp3) is 0.250. The molecular formula is C16H17NO2S. The molecule has 104 valence electrons. The monoisotopic (exact) mass is 287 g/mol. The first-order valence-electron chi connectivity index (χ1n) is 6.62. The normalized spacial score (nSPS) is 18.4. The van der Waals surface area contributed by atoms with Crippen LogP contribution in [0.1, 0.15) is 17.0 Å². The fourth-order valence-electron chi connectivity index (χ4n) is 2.52. The second-order valence-corrected chi connectivity index (χ2v) is 6.49. The Hall–Kier alpha value is -1.81. The van der Waals surface area contributed by atoms with Gasteiger partial charge in [0.15, 0.2) is 0 Å². The molecule has 2 atom stereocenters. The molecule has 0 amide bonds. The number of para-hydroxylation sites is 1. The molecule has 0 bridgehead atoms. The predicted molar refractivity (Wildman–Crippen MR) is 81.5 cm³/mol. The molecule has 2 aromatic rings. The van der Waals surface area contributed by atoms with Crippen LogP contribution in [0.25, 0.3) is 0 Å². The van der Waals surface area contributed by atoms with E-state index >= 15 is 0 Å². The van der Waals surface area contributed by atoms with E-state index in [0.29, 0.717) is 18.0 Å². The van der Waals surface area contributed by atoms with Gasteiger partial charge < -0.3 is 10.5 Å². The molecule has 0 aromatic heterocycles. The first-order valence-corrected chi connectivity index (χ1v) is 7.94. The van der Waals surface area contributed by atoms with Crippen LogP contribution in [0.3, 0.4) is 0 Å². The molecular weight excluding hydrogens is 270 g/mol. The molecule has 2 unspecified atom stereocenters. The van der Waals surface area contributed by atoms with E-state index in [1.165, 1.54) is 0 Å². The zero-order valence-electron chi connectivity index (χ0n) is 11.3. The second-order valence-electron chi connectivity index (χ2n) is 5.03. The Bertz CT molecular complexity index is 669. The van der Waals surface area contributed by atoms with E-state index in [4.69, 9.17) is 10.5 Å². The van der Waals surface area contributed by atoms with Crippen LogP contribution in [0, 0.1) is 6.92 Å². The van der Waals surface area contributed by atoms with Crippen molar-refractivity contribution in [2.24, 2.45) is 0 Å². The maximum absolute atomic E-state index is 12.6. The second kappa shape index (κ2) is 5.29. The Balaban J connectivity index is 1.83. The first kappa shape index (κ1) is 13.2. The summed E-state index contributed by atoms with van der Waals surface area (Å²) in [6, 6.07) is 13.6. The van der Waals surface area contributed by atoms with Crippen molar-refractivity contribution in [2.45, 2.75) is 17.7 Å². The molecule has 1 aliphatic rings. The largest absolute Gasteiger partial charge is 0.493 e. The number of hydrogen-bond donors (Lipinski definition) is 1. The van der Waals surface area contributed by atoms with Crippen molar-refractivity contribution in [1.29, 1.82) is 0 Å². The SMILES string of the molecule is Cc1c(N)cccc1S(=O)CC1COc2ccccc21. The lowest BCUT2D eigenvalue weighted by atomic mass is 10.0. The average molecular weight is 287 g/mol. The molecule has 0 saturated heterocycles. The Morgan fingerprint density at radius 2 is 2.05 bits per heavy atom. The summed E-state index contributed by atoms with van der Waals surface area (Å²) in [6.45, 7) is 2.52. The summed E-state index contributed by atoms with van der Waals surface area (Å²) in [4.78, 5) is 0.828. The fourth-order valence-corrected chi connectivity index (χ4v) is 4.03. The molecule has 20 heavy (non-hydrogen) atoms. The zero-order chi connectivity index (χ0) is 14.1. The standard InChI is InChI=1S/C16H17NO2S/c1-11-14(17)6-4-8-16(11)20(18)10-12-9-19-15-7-3-2-5-13(12)15/h2-8,12H,9-10,17H2,1H3. The average Bonchev–Trinajstić information content (AvgIpc) is 2.85. The summed E-state index contributed by atoms with van der Waals surface area (Å²) in [5.74, 6) is 1.67. The molecule has 1 aliphatic heterocycles. The van der Waals surface area contributed by atoms with Gasteiger partial charge in [0.25, 0.3) is 0 Å². The molecule has 2 N–H and O–H groups in total. The smallest absolute Gasteiger partial charge is 0.122 e. The van der Waals surface area contributed by atoms with Gasteiger partial charge in [-0.2, -0.15) is 0 Å². The van der Waals surface area contributed by atoms with Crippen molar-refractivity contribution in [3.63, 3.8) is 0 Å². The topological polar surface area (TPSA) is 52.3 Å². The molecule has 3 rings (SSSR count). The highest BCUT2D eigenvalue weighted by Gasteiger charge is 2.26. The zero-order valence-corrected chi connectivity index (χ0v) is 12.2. The number of hydrogen-bond acceptors (Lipinski definition) is 3. The Morgan fingerprint density at radius 3 is 2.90 bits per heavy atom. The van der Waals surface area contributed by atoms with Crippen molar-refractivity contribution in [3.05, 3.63) is 53.6 Å². The van der Waals surface area contributed by atoms with Crippen molar-refractivity contribution in [2.75, 3.05) is 18.1 Å². The van der Waals surface area contributed by atoms with Gasteiger partial charge in [-0.3, -0.25) is 4.21 Å². The highest BCUT2D eigenvalue weighted by molar-refractivity contribution is 7.85. The quantitative estimate of drug-likeness (QED) is 0.883.